The maximum atomic E-state index is 14.6. The highest BCUT2D eigenvalue weighted by Crippen LogP contribution is 2.45. The van der Waals surface area contributed by atoms with Crippen molar-refractivity contribution in [3.63, 3.8) is 0 Å². The molecule has 2 aliphatic heterocycles. The fourth-order valence-electron chi connectivity index (χ4n) is 5.48. The molecule has 2 aromatic rings. The van der Waals surface area contributed by atoms with Gasteiger partial charge in [-0.3, -0.25) is 14.4 Å². The van der Waals surface area contributed by atoms with Crippen LogP contribution < -0.4 is 15.4 Å². The summed E-state index contributed by atoms with van der Waals surface area (Å²) in [6.07, 6.45) is 0.818. The zero-order valence-corrected chi connectivity index (χ0v) is 27.9. The van der Waals surface area contributed by atoms with Crippen molar-refractivity contribution in [1.29, 1.82) is 0 Å². The van der Waals surface area contributed by atoms with E-state index >= 15 is 0 Å². The third-order valence-corrected chi connectivity index (χ3v) is 8.47. The Morgan fingerprint density at radius 1 is 1.04 bits per heavy atom. The zero-order chi connectivity index (χ0) is 34.2. The second kappa shape index (κ2) is 16.2. The molecule has 2 amide bonds. The lowest BCUT2D eigenvalue weighted by molar-refractivity contribution is -0.176. The van der Waals surface area contributed by atoms with E-state index in [1.165, 1.54) is 25.3 Å². The Kier molecular flexibility index (Phi) is 12.4. The highest BCUT2D eigenvalue weighted by atomic mass is 35.5. The van der Waals surface area contributed by atoms with E-state index in [0.717, 1.165) is 5.56 Å². The van der Waals surface area contributed by atoms with Gasteiger partial charge in [0.05, 0.1) is 24.2 Å². The van der Waals surface area contributed by atoms with Crippen molar-refractivity contribution < 1.29 is 42.5 Å². The Morgan fingerprint density at radius 2 is 1.77 bits per heavy atom. The van der Waals surface area contributed by atoms with Crippen LogP contribution in [0.25, 0.3) is 0 Å². The molecule has 1 saturated heterocycles. The number of esters is 2. The van der Waals surface area contributed by atoms with Gasteiger partial charge in [0, 0.05) is 25.3 Å². The summed E-state index contributed by atoms with van der Waals surface area (Å²) in [4.78, 5) is 52.9. The van der Waals surface area contributed by atoms with E-state index in [2.05, 4.69) is 10.6 Å². The quantitative estimate of drug-likeness (QED) is 0.300. The van der Waals surface area contributed by atoms with Gasteiger partial charge in [0.25, 0.3) is 0 Å². The minimum absolute atomic E-state index is 0.00620. The molecule has 1 fully saturated rings. The first-order valence-electron chi connectivity index (χ1n) is 15.8. The Hall–Kier alpha value is -3.96. The number of carbonyl (C=O) groups is 4. The monoisotopic (exact) mass is 672 g/mol. The molecule has 0 saturated carbocycles. The minimum Gasteiger partial charge on any atom is -0.492 e. The molecule has 47 heavy (non-hydrogen) atoms. The first-order valence-corrected chi connectivity index (χ1v) is 16.1. The van der Waals surface area contributed by atoms with Gasteiger partial charge in [0.1, 0.15) is 18.2 Å². The number of epoxide rings is 1. The molecule has 0 spiro atoms. The van der Waals surface area contributed by atoms with E-state index in [9.17, 15) is 23.6 Å². The normalized spacial score (nSPS) is 27.2. The maximum absolute atomic E-state index is 14.6. The lowest BCUT2D eigenvalue weighted by Gasteiger charge is -2.27. The van der Waals surface area contributed by atoms with Crippen LogP contribution in [0.5, 0.6) is 5.75 Å². The van der Waals surface area contributed by atoms with Crippen LogP contribution in [0.4, 0.5) is 4.39 Å². The number of nitrogens with one attached hydrogen (secondary N) is 2. The summed E-state index contributed by atoms with van der Waals surface area (Å²) in [6, 6.07) is 11.2. The first-order chi connectivity index (χ1) is 22.4. The van der Waals surface area contributed by atoms with Gasteiger partial charge < -0.3 is 29.6 Å². The van der Waals surface area contributed by atoms with Gasteiger partial charge in [-0.25, -0.2) is 9.18 Å². The first kappa shape index (κ1) is 35.9. The molecule has 2 aliphatic rings. The van der Waals surface area contributed by atoms with Crippen molar-refractivity contribution in [2.24, 2.45) is 17.8 Å². The summed E-state index contributed by atoms with van der Waals surface area (Å²) in [5.41, 5.74) is 1.34. The SMILES string of the molecule is COc1c(F)cc(C[C@H]2NC(=O)/C=C/C[C@@H]([C@H](C)[C@H]3O[C@@H]3c3ccccc3)OC(=O)[C@H](CC(C)C)OC(=O)[C@H](C)CNC2=O)cc1Cl. The molecule has 0 unspecified atom stereocenters. The highest BCUT2D eigenvalue weighted by Gasteiger charge is 2.47. The van der Waals surface area contributed by atoms with Gasteiger partial charge in [0.15, 0.2) is 17.7 Å². The van der Waals surface area contributed by atoms with Crippen LogP contribution in [0.15, 0.2) is 54.6 Å². The Morgan fingerprint density at radius 3 is 2.43 bits per heavy atom. The van der Waals surface area contributed by atoms with Crippen molar-refractivity contribution in [2.75, 3.05) is 13.7 Å². The van der Waals surface area contributed by atoms with Gasteiger partial charge in [-0.05, 0) is 41.7 Å². The molecule has 2 N–H and O–H groups in total. The lowest BCUT2D eigenvalue weighted by Crippen LogP contribution is -2.49. The molecule has 0 radical (unpaired) electrons. The molecule has 2 aromatic carbocycles. The molecule has 0 aliphatic carbocycles. The Bertz CT molecular complexity index is 1450. The number of halogens is 2. The van der Waals surface area contributed by atoms with Gasteiger partial charge in [0.2, 0.25) is 11.8 Å². The van der Waals surface area contributed by atoms with E-state index in [0.29, 0.717) is 5.56 Å². The molecular formula is C35H42ClFN2O8. The fraction of sp³-hybridized carbons (Fsp3) is 0.486. The number of hydrogen-bond acceptors (Lipinski definition) is 8. The molecule has 0 aromatic heterocycles. The van der Waals surface area contributed by atoms with Crippen LogP contribution in [0, 0.1) is 23.6 Å². The third kappa shape index (κ3) is 9.77. The van der Waals surface area contributed by atoms with Crippen molar-refractivity contribution in [3.05, 3.63) is 76.6 Å². The number of methoxy groups -OCH3 is 1. The molecule has 7 atom stereocenters. The van der Waals surface area contributed by atoms with Crippen LogP contribution in [0.3, 0.4) is 0 Å². The van der Waals surface area contributed by atoms with Crippen LogP contribution >= 0.6 is 11.6 Å². The van der Waals surface area contributed by atoms with E-state index in [-0.39, 0.29) is 60.6 Å². The number of cyclic esters (lactones) is 2. The van der Waals surface area contributed by atoms with Crippen molar-refractivity contribution in [2.45, 2.75) is 77.4 Å². The average Bonchev–Trinajstić information content (AvgIpc) is 3.83. The predicted octanol–water partition coefficient (Wildman–Crippen LogP) is 4.87. The second-order valence-electron chi connectivity index (χ2n) is 12.5. The smallest absolute Gasteiger partial charge is 0.347 e. The van der Waals surface area contributed by atoms with Crippen molar-refractivity contribution in [1.82, 2.24) is 10.6 Å². The molecule has 4 rings (SSSR count). The molecule has 10 nitrogen and oxygen atoms in total. The van der Waals surface area contributed by atoms with Crippen LogP contribution in [-0.4, -0.2) is 61.8 Å². The van der Waals surface area contributed by atoms with Crippen molar-refractivity contribution in [3.8, 4) is 5.75 Å². The number of hydrogen-bond donors (Lipinski definition) is 2. The second-order valence-corrected chi connectivity index (χ2v) is 12.9. The zero-order valence-electron chi connectivity index (χ0n) is 27.2. The average molecular weight is 673 g/mol. The summed E-state index contributed by atoms with van der Waals surface area (Å²) >= 11 is 6.16. The molecule has 254 valence electrons. The highest BCUT2D eigenvalue weighted by molar-refractivity contribution is 6.32. The largest absolute Gasteiger partial charge is 0.492 e. The summed E-state index contributed by atoms with van der Waals surface area (Å²) in [5.74, 6) is -4.53. The number of amides is 2. The summed E-state index contributed by atoms with van der Waals surface area (Å²) in [7, 11) is 1.29. The van der Waals surface area contributed by atoms with E-state index < -0.39 is 53.7 Å². The summed E-state index contributed by atoms with van der Waals surface area (Å²) in [6.45, 7) is 7.12. The van der Waals surface area contributed by atoms with Crippen molar-refractivity contribution >= 4 is 35.4 Å². The van der Waals surface area contributed by atoms with Crippen LogP contribution in [0.2, 0.25) is 5.02 Å². The van der Waals surface area contributed by atoms with E-state index in [4.69, 9.17) is 30.5 Å². The van der Waals surface area contributed by atoms with Gasteiger partial charge in [-0.2, -0.15) is 0 Å². The number of rotatable bonds is 8. The third-order valence-electron chi connectivity index (χ3n) is 8.19. The summed E-state index contributed by atoms with van der Waals surface area (Å²) in [5, 5.41) is 5.32. The van der Waals surface area contributed by atoms with Gasteiger partial charge in [-0.1, -0.05) is 75.7 Å². The van der Waals surface area contributed by atoms with Gasteiger partial charge in [-0.15, -0.1) is 0 Å². The predicted molar refractivity (Wildman–Crippen MR) is 172 cm³/mol. The number of carbonyl (C=O) groups excluding carboxylic acids is 4. The van der Waals surface area contributed by atoms with Crippen LogP contribution in [0.1, 0.15) is 57.8 Å². The summed E-state index contributed by atoms with van der Waals surface area (Å²) < 4.78 is 37.2. The van der Waals surface area contributed by atoms with Crippen LogP contribution in [-0.2, 0) is 39.8 Å². The minimum atomic E-state index is -1.16. The van der Waals surface area contributed by atoms with E-state index in [1.54, 1.807) is 13.0 Å². The molecule has 0 bridgehead atoms. The number of benzene rings is 2. The standard InChI is InChI=1S/C35H42ClFN2O8/c1-19(2)14-28-35(43)45-27(21(4)30-31(47-30)23-10-7-6-8-11-23)12-9-13-29(40)39-26(33(41)38-18-20(3)34(42)46-28)17-22-15-24(36)32(44-5)25(37)16-22/h6-11,13,15-16,19-21,26-28,30-31H,12,14,17-18H2,1-5H3,(H,38,41)(H,39,40)/b13-9+/t20-,21+,26-,27+,28+,30-,31-/m1/s1. The van der Waals surface area contributed by atoms with E-state index in [1.807, 2.05) is 51.1 Å². The topological polar surface area (TPSA) is 133 Å². The molecular weight excluding hydrogens is 631 g/mol. The molecule has 12 heteroatoms. The fourth-order valence-corrected chi connectivity index (χ4v) is 5.79. The molecule has 2 heterocycles. The Balaban J connectivity index is 1.59. The number of ether oxygens (including phenoxy) is 4. The van der Waals surface area contributed by atoms with Gasteiger partial charge >= 0.3 is 11.9 Å². The lowest BCUT2D eigenvalue weighted by atomic mass is 9.93. The maximum Gasteiger partial charge on any atom is 0.347 e. The Labute approximate surface area is 279 Å².